The fourth-order valence-electron chi connectivity index (χ4n) is 2.72. The lowest BCUT2D eigenvalue weighted by molar-refractivity contribution is -0.00586. The van der Waals surface area contributed by atoms with Crippen molar-refractivity contribution in [3.63, 3.8) is 0 Å². The van der Waals surface area contributed by atoms with Crippen LogP contribution < -0.4 is 5.36 Å². The average molecular weight is 361 g/mol. The van der Waals surface area contributed by atoms with Gasteiger partial charge in [0.05, 0.1) is 6.33 Å². The predicted molar refractivity (Wildman–Crippen MR) is 102 cm³/mol. The Balaban J connectivity index is 1.95. The molecule has 0 aliphatic rings. The maximum absolute atomic E-state index is 11.2. The second-order valence-corrected chi connectivity index (χ2v) is 7.28. The molecule has 0 spiro atoms. The largest absolute Gasteiger partial charge is 0.454 e. The molecule has 3 aromatic heterocycles. The van der Waals surface area contributed by atoms with Gasteiger partial charge >= 0.3 is 0 Å². The molecule has 0 bridgehead atoms. The summed E-state index contributed by atoms with van der Waals surface area (Å²) in [5.41, 5.74) is 2.41. The number of rotatable bonds is 3. The molecule has 136 valence electrons. The molecule has 0 fully saturated rings. The number of aldehydes is 1. The number of fused-ring (bicyclic) bond motifs is 2. The topological polar surface area (TPSA) is 69.1 Å². The van der Waals surface area contributed by atoms with Crippen LogP contribution in [0, 0.1) is 0 Å². The number of carbonyl (C=O) groups excluding carboxylic acids is 1. The minimum absolute atomic E-state index is 0.440. The van der Waals surface area contributed by atoms with Crippen LogP contribution in [0.15, 0.2) is 64.6 Å². The van der Waals surface area contributed by atoms with Crippen molar-refractivity contribution in [2.75, 3.05) is 0 Å². The number of nitrogens with zero attached hydrogens (tertiary/aromatic N) is 3. The van der Waals surface area contributed by atoms with Gasteiger partial charge in [0.15, 0.2) is 5.76 Å². The van der Waals surface area contributed by atoms with E-state index in [0.29, 0.717) is 33.3 Å². The van der Waals surface area contributed by atoms with Crippen LogP contribution in [0.5, 0.6) is 0 Å². The zero-order valence-corrected chi connectivity index (χ0v) is 15.3. The van der Waals surface area contributed by atoms with Crippen LogP contribution >= 0.6 is 0 Å². The highest BCUT2D eigenvalue weighted by Crippen LogP contribution is 2.22. The molecule has 27 heavy (non-hydrogen) atoms. The Morgan fingerprint density at radius 3 is 2.81 bits per heavy atom. The molecule has 6 nitrogen and oxygen atoms in total. The summed E-state index contributed by atoms with van der Waals surface area (Å²) in [4.78, 5) is 21.2. The van der Waals surface area contributed by atoms with Crippen LogP contribution in [0.2, 0.25) is 0 Å². The van der Waals surface area contributed by atoms with Crippen molar-refractivity contribution in [3.05, 3.63) is 65.9 Å². The minimum atomic E-state index is -0.440. The summed E-state index contributed by atoms with van der Waals surface area (Å²) in [5, 5.41) is 5.60. The standard InChI is InChI=1S/C21H19N3O3/c1-21(2,3)27-23-17-11-20(18-10-15-5-4-8-24(15)13-22-18)26-19-7-6-14(12-25)9-16(17)19/h4-13H,1-3H3/b23-17-. The highest BCUT2D eigenvalue weighted by molar-refractivity contribution is 5.86. The van der Waals surface area contributed by atoms with Gasteiger partial charge in [0.2, 0.25) is 0 Å². The molecule has 6 heteroatoms. The Hall–Kier alpha value is -3.41. The van der Waals surface area contributed by atoms with E-state index in [4.69, 9.17) is 9.25 Å². The third-order valence-corrected chi connectivity index (χ3v) is 3.99. The zero-order chi connectivity index (χ0) is 19.0. The maximum Gasteiger partial charge on any atom is 0.155 e. The second kappa shape index (κ2) is 6.39. The first-order valence-corrected chi connectivity index (χ1v) is 8.61. The molecule has 0 saturated carbocycles. The summed E-state index contributed by atoms with van der Waals surface area (Å²) >= 11 is 0. The third kappa shape index (κ3) is 3.46. The van der Waals surface area contributed by atoms with Gasteiger partial charge in [0.1, 0.15) is 28.5 Å². The summed E-state index contributed by atoms with van der Waals surface area (Å²) in [6.45, 7) is 5.77. The number of hydrogen-bond acceptors (Lipinski definition) is 5. The van der Waals surface area contributed by atoms with Crippen molar-refractivity contribution >= 4 is 22.8 Å². The molecule has 0 saturated heterocycles. The van der Waals surface area contributed by atoms with E-state index in [1.165, 1.54) is 0 Å². The van der Waals surface area contributed by atoms with Crippen LogP contribution in [0.1, 0.15) is 31.1 Å². The second-order valence-electron chi connectivity index (χ2n) is 7.28. The highest BCUT2D eigenvalue weighted by Gasteiger charge is 2.12. The van der Waals surface area contributed by atoms with E-state index in [2.05, 4.69) is 10.1 Å². The van der Waals surface area contributed by atoms with Gasteiger partial charge in [0, 0.05) is 28.7 Å². The van der Waals surface area contributed by atoms with Crippen LogP contribution in [-0.2, 0) is 4.84 Å². The Bertz CT molecular complexity index is 1210. The van der Waals surface area contributed by atoms with E-state index in [9.17, 15) is 4.79 Å². The lowest BCUT2D eigenvalue weighted by Gasteiger charge is -2.15. The van der Waals surface area contributed by atoms with E-state index in [1.54, 1.807) is 30.6 Å². The molecule has 0 amide bonds. The van der Waals surface area contributed by atoms with Gasteiger partial charge in [-0.1, -0.05) is 5.16 Å². The molecule has 4 aromatic rings. The normalized spacial score (nSPS) is 12.6. The van der Waals surface area contributed by atoms with E-state index < -0.39 is 5.60 Å². The van der Waals surface area contributed by atoms with Crippen molar-refractivity contribution in [2.24, 2.45) is 5.16 Å². The van der Waals surface area contributed by atoms with Crippen LogP contribution in [0.3, 0.4) is 0 Å². The van der Waals surface area contributed by atoms with Crippen LogP contribution in [-0.4, -0.2) is 21.3 Å². The summed E-state index contributed by atoms with van der Waals surface area (Å²) in [6.07, 6.45) is 4.47. The summed E-state index contributed by atoms with van der Waals surface area (Å²) < 4.78 is 7.97. The van der Waals surface area contributed by atoms with Gasteiger partial charge in [-0.3, -0.25) is 4.79 Å². The summed E-state index contributed by atoms with van der Waals surface area (Å²) in [5.74, 6) is 0.571. The lowest BCUT2D eigenvalue weighted by Crippen LogP contribution is -2.18. The first kappa shape index (κ1) is 17.0. The van der Waals surface area contributed by atoms with Gasteiger partial charge in [0.25, 0.3) is 0 Å². The quantitative estimate of drug-likeness (QED) is 0.405. The van der Waals surface area contributed by atoms with Gasteiger partial charge in [-0.05, 0) is 57.2 Å². The molecule has 4 rings (SSSR count). The minimum Gasteiger partial charge on any atom is -0.454 e. The Morgan fingerprint density at radius 2 is 2.04 bits per heavy atom. The fraction of sp³-hybridized carbons (Fsp3) is 0.190. The Kier molecular flexibility index (Phi) is 4.03. The smallest absolute Gasteiger partial charge is 0.155 e. The number of benzene rings is 1. The summed E-state index contributed by atoms with van der Waals surface area (Å²) in [7, 11) is 0. The first-order valence-electron chi connectivity index (χ1n) is 8.61. The van der Waals surface area contributed by atoms with Crippen molar-refractivity contribution < 1.29 is 14.0 Å². The third-order valence-electron chi connectivity index (χ3n) is 3.99. The number of hydrogen-bond donors (Lipinski definition) is 0. The molecular formula is C21H19N3O3. The SMILES string of the molecule is CC(C)(C)O/N=c1/cc(-c2cc3cccn3cn2)oc2ccc(C=O)cc12. The van der Waals surface area contributed by atoms with Crippen molar-refractivity contribution in [1.82, 2.24) is 9.38 Å². The average Bonchev–Trinajstić information content (AvgIpc) is 3.12. The van der Waals surface area contributed by atoms with Crippen molar-refractivity contribution in [3.8, 4) is 11.5 Å². The fourth-order valence-corrected chi connectivity index (χ4v) is 2.72. The van der Waals surface area contributed by atoms with E-state index in [0.717, 1.165) is 11.8 Å². The first-order chi connectivity index (χ1) is 12.9. The van der Waals surface area contributed by atoms with Crippen LogP contribution in [0.4, 0.5) is 0 Å². The van der Waals surface area contributed by atoms with Gasteiger partial charge in [-0.2, -0.15) is 0 Å². The molecular weight excluding hydrogens is 342 g/mol. The highest BCUT2D eigenvalue weighted by atomic mass is 16.6. The molecule has 0 aliphatic heterocycles. The van der Waals surface area contributed by atoms with Gasteiger partial charge in [-0.15, -0.1) is 0 Å². The van der Waals surface area contributed by atoms with E-state index in [-0.39, 0.29) is 0 Å². The van der Waals surface area contributed by atoms with Gasteiger partial charge in [-0.25, -0.2) is 4.98 Å². The summed E-state index contributed by atoms with van der Waals surface area (Å²) in [6, 6.07) is 12.9. The van der Waals surface area contributed by atoms with E-state index >= 15 is 0 Å². The molecule has 0 aliphatic carbocycles. The van der Waals surface area contributed by atoms with Crippen molar-refractivity contribution in [1.29, 1.82) is 0 Å². The molecule has 0 atom stereocenters. The molecule has 0 N–H and O–H groups in total. The predicted octanol–water partition coefficient (Wildman–Crippen LogP) is 4.19. The molecule has 3 heterocycles. The molecule has 0 radical (unpaired) electrons. The van der Waals surface area contributed by atoms with Crippen molar-refractivity contribution in [2.45, 2.75) is 26.4 Å². The van der Waals surface area contributed by atoms with E-state index in [1.807, 2.05) is 49.6 Å². The lowest BCUT2D eigenvalue weighted by atomic mass is 10.1. The van der Waals surface area contributed by atoms with Gasteiger partial charge < -0.3 is 13.7 Å². The molecule has 0 unspecified atom stereocenters. The zero-order valence-electron chi connectivity index (χ0n) is 15.3. The Labute approximate surface area is 155 Å². The number of aromatic nitrogens is 2. The maximum atomic E-state index is 11.2. The number of carbonyl (C=O) groups is 1. The molecule has 1 aromatic carbocycles. The van der Waals surface area contributed by atoms with Crippen LogP contribution in [0.25, 0.3) is 27.9 Å². The monoisotopic (exact) mass is 361 g/mol. The Morgan fingerprint density at radius 1 is 1.19 bits per heavy atom.